The number of alkyl carbamates (subject to hydrolysis) is 1. The Bertz CT molecular complexity index is 1750. The van der Waals surface area contributed by atoms with E-state index in [-0.39, 0.29) is 25.3 Å². The fourth-order valence-corrected chi connectivity index (χ4v) is 7.23. The fourth-order valence-electron chi connectivity index (χ4n) is 6.61. The van der Waals surface area contributed by atoms with E-state index < -0.39 is 53.1 Å². The molecule has 1 saturated heterocycles. The molecule has 3 amide bonds. The Morgan fingerprint density at radius 3 is 2.54 bits per heavy atom. The maximum atomic E-state index is 14.4. The van der Waals surface area contributed by atoms with E-state index >= 15 is 0 Å². The number of aromatic nitrogens is 4. The van der Waals surface area contributed by atoms with E-state index in [2.05, 4.69) is 15.6 Å². The van der Waals surface area contributed by atoms with Gasteiger partial charge in [0.05, 0.1) is 13.2 Å². The number of carbonyl (C=O) groups is 4. The summed E-state index contributed by atoms with van der Waals surface area (Å²) in [6, 6.07) is 4.85. The summed E-state index contributed by atoms with van der Waals surface area (Å²) < 4.78 is 10.8. The Morgan fingerprint density at radius 2 is 1.86 bits per heavy atom. The van der Waals surface area contributed by atoms with Gasteiger partial charge in [-0.05, 0) is 70.7 Å². The number of carboxylic acid groups (broad SMARTS) is 1. The summed E-state index contributed by atoms with van der Waals surface area (Å²) in [5.41, 5.74) is -0.327. The molecule has 0 radical (unpaired) electrons. The number of carboxylic acids is 1. The molecule has 3 N–H and O–H groups in total. The first kappa shape index (κ1) is 35.1. The first-order valence-electron chi connectivity index (χ1n) is 16.9. The van der Waals surface area contributed by atoms with Crippen LogP contribution in [0.2, 0.25) is 0 Å². The largest absolute Gasteiger partial charge is 0.497 e. The Labute approximate surface area is 294 Å². The van der Waals surface area contributed by atoms with Crippen molar-refractivity contribution in [3.8, 4) is 27.7 Å². The van der Waals surface area contributed by atoms with Gasteiger partial charge < -0.3 is 30.1 Å². The molecule has 1 saturated carbocycles. The van der Waals surface area contributed by atoms with Gasteiger partial charge in [0.25, 0.3) is 0 Å². The van der Waals surface area contributed by atoms with Gasteiger partial charge in [-0.25, -0.2) is 14.6 Å². The second-order valence-corrected chi connectivity index (χ2v) is 14.9. The highest BCUT2D eigenvalue weighted by molar-refractivity contribution is 7.13. The van der Waals surface area contributed by atoms with Crippen molar-refractivity contribution >= 4 is 35.2 Å². The van der Waals surface area contributed by atoms with Crippen molar-refractivity contribution < 1.29 is 33.8 Å². The quantitative estimate of drug-likeness (QED) is 0.307. The number of hydrogen-bond acceptors (Lipinski definition) is 10. The van der Waals surface area contributed by atoms with Crippen LogP contribution >= 0.6 is 11.3 Å². The lowest BCUT2D eigenvalue weighted by Crippen LogP contribution is -2.56. The van der Waals surface area contributed by atoms with Crippen LogP contribution in [0.15, 0.2) is 48.0 Å². The van der Waals surface area contributed by atoms with Gasteiger partial charge in [0.1, 0.15) is 45.4 Å². The highest BCUT2D eigenvalue weighted by Crippen LogP contribution is 2.46. The molecule has 2 fully saturated rings. The number of benzene rings is 1. The summed E-state index contributed by atoms with van der Waals surface area (Å²) in [6.07, 6.45) is 8.55. The molecule has 266 valence electrons. The molecule has 14 nitrogen and oxygen atoms in total. The van der Waals surface area contributed by atoms with Crippen LogP contribution < -0.4 is 15.4 Å². The number of methoxy groups -OCH3 is 1. The van der Waals surface area contributed by atoms with Gasteiger partial charge in [-0.15, -0.1) is 16.4 Å². The molecule has 1 aliphatic carbocycles. The molecule has 15 heteroatoms. The molecular formula is C35H43N7O7S. The zero-order valence-electron chi connectivity index (χ0n) is 28.6. The number of thiazole rings is 1. The number of nitrogens with zero attached hydrogens (tertiary/aromatic N) is 5. The Hall–Kier alpha value is -4.79. The number of allylic oxidation sites excluding steroid dienone is 1. The lowest BCUT2D eigenvalue weighted by molar-refractivity contribution is -0.145. The second kappa shape index (κ2) is 14.2. The zero-order chi connectivity index (χ0) is 35.6. The Kier molecular flexibility index (Phi) is 9.96. The Morgan fingerprint density at radius 1 is 1.10 bits per heavy atom. The first-order valence-corrected chi connectivity index (χ1v) is 17.8. The lowest BCUT2D eigenvalue weighted by atomic mass is 10.0. The minimum atomic E-state index is -1.45. The van der Waals surface area contributed by atoms with Crippen molar-refractivity contribution in [3.63, 3.8) is 0 Å². The third-order valence-corrected chi connectivity index (χ3v) is 10.1. The lowest BCUT2D eigenvalue weighted by Gasteiger charge is -2.30. The standard InChI is InChI=1S/C35H43N7O7S/c1-34(2,3)49-33(47)37-25-11-9-7-5-6-8-10-22-19-35(22,32(45)46)38-29(43)26-18-23(20-41(26)31(25)44)42-39-27(21-12-14-24(48-4)15-13-21)28(40-42)30-36-16-17-50-30/h8,10,12-17,22-23,25-26H,5-7,9,11,18-20H2,1-4H3,(H,37,47)(H,38,43)(H,45,46)/b10-8-/t22-,23?,25+,26+,35-/m1/s1. The molecule has 3 aliphatic rings. The fraction of sp³-hybridized carbons (Fsp3) is 0.514. The van der Waals surface area contributed by atoms with Crippen LogP contribution in [0, 0.1) is 5.92 Å². The highest BCUT2D eigenvalue weighted by atomic mass is 32.1. The van der Waals surface area contributed by atoms with E-state index in [9.17, 15) is 24.3 Å². The minimum Gasteiger partial charge on any atom is -0.497 e. The van der Waals surface area contributed by atoms with Gasteiger partial charge >= 0.3 is 12.1 Å². The molecule has 6 rings (SSSR count). The number of nitrogens with one attached hydrogen (secondary N) is 2. The second-order valence-electron chi connectivity index (χ2n) is 14.0. The van der Waals surface area contributed by atoms with Crippen LogP contribution in [0.25, 0.3) is 22.0 Å². The molecule has 5 atom stereocenters. The molecule has 0 spiro atoms. The van der Waals surface area contributed by atoms with Crippen LogP contribution in [-0.2, 0) is 19.1 Å². The van der Waals surface area contributed by atoms with E-state index in [0.29, 0.717) is 35.0 Å². The van der Waals surface area contributed by atoms with E-state index in [1.54, 1.807) is 34.1 Å². The maximum absolute atomic E-state index is 14.4. The van der Waals surface area contributed by atoms with Crippen molar-refractivity contribution in [2.45, 2.75) is 95.0 Å². The highest BCUT2D eigenvalue weighted by Gasteiger charge is 2.61. The predicted octanol–water partition coefficient (Wildman–Crippen LogP) is 4.59. The summed E-state index contributed by atoms with van der Waals surface area (Å²) in [6.45, 7) is 5.28. The third-order valence-electron chi connectivity index (χ3n) is 9.28. The topological polar surface area (TPSA) is 178 Å². The van der Waals surface area contributed by atoms with Gasteiger partial charge in [0.15, 0.2) is 0 Å². The molecular weight excluding hydrogens is 662 g/mol. The summed E-state index contributed by atoms with van der Waals surface area (Å²) in [7, 11) is 1.59. The molecule has 1 unspecified atom stereocenters. The van der Waals surface area contributed by atoms with E-state index in [1.807, 2.05) is 41.8 Å². The number of ether oxygens (including phenoxy) is 2. The van der Waals surface area contributed by atoms with Crippen LogP contribution in [0.3, 0.4) is 0 Å². The number of amides is 3. The van der Waals surface area contributed by atoms with Gasteiger partial charge in [0.2, 0.25) is 11.8 Å². The number of fused-ring (bicyclic) bond motifs is 2. The SMILES string of the molecule is COc1ccc(-c2nn(C3C[C@H]4C(=O)N[C@]5(C(=O)O)C[C@H]5/C=C\CCCCC[C@H](NC(=O)OC(C)(C)C)C(=O)N4C3)nc2-c2nccs2)cc1. The van der Waals surface area contributed by atoms with Crippen molar-refractivity contribution in [1.82, 2.24) is 35.5 Å². The first-order chi connectivity index (χ1) is 23.9. The minimum absolute atomic E-state index is 0.0564. The van der Waals surface area contributed by atoms with Gasteiger partial charge in [-0.2, -0.15) is 9.90 Å². The third kappa shape index (κ3) is 7.52. The summed E-state index contributed by atoms with van der Waals surface area (Å²) in [4.78, 5) is 61.3. The predicted molar refractivity (Wildman–Crippen MR) is 184 cm³/mol. The zero-order valence-corrected chi connectivity index (χ0v) is 29.4. The van der Waals surface area contributed by atoms with Crippen LogP contribution in [0.4, 0.5) is 4.79 Å². The monoisotopic (exact) mass is 705 g/mol. The molecule has 1 aromatic carbocycles. The maximum Gasteiger partial charge on any atom is 0.408 e. The van der Waals surface area contributed by atoms with Crippen molar-refractivity contribution in [2.24, 2.45) is 5.92 Å². The van der Waals surface area contributed by atoms with E-state index in [0.717, 1.165) is 24.8 Å². The number of rotatable bonds is 6. The normalized spacial score (nSPS) is 26.4. The molecule has 2 aromatic heterocycles. The molecule has 4 heterocycles. The number of aliphatic carboxylic acids is 1. The molecule has 3 aromatic rings. The average Bonchev–Trinajstić information content (AvgIpc) is 3.52. The molecule has 50 heavy (non-hydrogen) atoms. The van der Waals surface area contributed by atoms with Crippen molar-refractivity contribution in [1.29, 1.82) is 0 Å². The van der Waals surface area contributed by atoms with Gasteiger partial charge in [-0.1, -0.05) is 25.0 Å². The molecule has 2 aliphatic heterocycles. The van der Waals surface area contributed by atoms with Gasteiger partial charge in [0, 0.05) is 36.0 Å². The summed E-state index contributed by atoms with van der Waals surface area (Å²) in [5, 5.41) is 28.0. The smallest absolute Gasteiger partial charge is 0.408 e. The van der Waals surface area contributed by atoms with Crippen LogP contribution in [-0.4, -0.2) is 90.7 Å². The summed E-state index contributed by atoms with van der Waals surface area (Å²) in [5.74, 6) is -1.81. The Balaban J connectivity index is 1.35. The van der Waals surface area contributed by atoms with E-state index in [1.165, 1.54) is 21.0 Å². The van der Waals surface area contributed by atoms with E-state index in [4.69, 9.17) is 19.7 Å². The molecule has 0 bridgehead atoms. The number of hydrogen-bond donors (Lipinski definition) is 3. The van der Waals surface area contributed by atoms with Crippen LogP contribution in [0.5, 0.6) is 5.75 Å². The van der Waals surface area contributed by atoms with Crippen LogP contribution in [0.1, 0.15) is 71.8 Å². The average molecular weight is 706 g/mol. The van der Waals surface area contributed by atoms with Gasteiger partial charge in [-0.3, -0.25) is 9.59 Å². The van der Waals surface area contributed by atoms with Crippen molar-refractivity contribution in [3.05, 3.63) is 48.0 Å². The van der Waals surface area contributed by atoms with Crippen molar-refractivity contribution in [2.75, 3.05) is 13.7 Å². The summed E-state index contributed by atoms with van der Waals surface area (Å²) >= 11 is 1.41. The number of carbonyl (C=O) groups excluding carboxylic acids is 3.